The Balaban J connectivity index is 2.52. The molecule has 0 saturated heterocycles. The van der Waals surface area contributed by atoms with Crippen molar-refractivity contribution in [2.24, 2.45) is 10.9 Å². The van der Waals surface area contributed by atoms with Crippen molar-refractivity contribution in [1.29, 1.82) is 0 Å². The molecular formula is C11H14F3NO. The molecule has 1 aliphatic carbocycles. The second kappa shape index (κ2) is 5.72. The Morgan fingerprint density at radius 1 is 1.56 bits per heavy atom. The summed E-state index contributed by atoms with van der Waals surface area (Å²) >= 11 is 0. The maximum Gasteiger partial charge on any atom is 0.416 e. The number of hydrogen-bond acceptors (Lipinski definition) is 2. The molecule has 2 nitrogen and oxygen atoms in total. The highest BCUT2D eigenvalue weighted by atomic mass is 19.4. The van der Waals surface area contributed by atoms with Crippen LogP contribution in [-0.4, -0.2) is 25.7 Å². The minimum Gasteiger partial charge on any atom is -0.484 e. The van der Waals surface area contributed by atoms with Crippen molar-refractivity contribution in [2.75, 3.05) is 13.2 Å². The molecule has 0 amide bonds. The van der Waals surface area contributed by atoms with Crippen molar-refractivity contribution < 1.29 is 17.9 Å². The van der Waals surface area contributed by atoms with E-state index in [2.05, 4.69) is 4.99 Å². The van der Waals surface area contributed by atoms with Gasteiger partial charge in [0.2, 0.25) is 0 Å². The first kappa shape index (κ1) is 12.8. The Bertz CT molecular complexity index is 305. The molecule has 0 aliphatic heterocycles. The third-order valence-electron chi connectivity index (χ3n) is 2.13. The van der Waals surface area contributed by atoms with Crippen LogP contribution in [0.25, 0.3) is 0 Å². The van der Waals surface area contributed by atoms with Crippen molar-refractivity contribution in [2.45, 2.75) is 19.5 Å². The molecule has 0 aromatic heterocycles. The number of rotatable bonds is 4. The number of halogens is 3. The number of hydrogen-bond donors (Lipinski definition) is 0. The first-order chi connectivity index (χ1) is 7.54. The van der Waals surface area contributed by atoms with Crippen LogP contribution >= 0.6 is 0 Å². The fraction of sp³-hybridized carbons (Fsp3) is 0.545. The van der Waals surface area contributed by atoms with E-state index in [0.29, 0.717) is 19.6 Å². The van der Waals surface area contributed by atoms with Crippen molar-refractivity contribution >= 4 is 6.40 Å². The normalized spacial score (nSPS) is 21.2. The molecule has 5 heteroatoms. The van der Waals surface area contributed by atoms with Crippen molar-refractivity contribution in [1.82, 2.24) is 0 Å². The fourth-order valence-corrected chi connectivity index (χ4v) is 1.37. The lowest BCUT2D eigenvalue weighted by Gasteiger charge is -2.16. The van der Waals surface area contributed by atoms with Gasteiger partial charge in [-0.15, -0.1) is 0 Å². The number of nitrogens with zero attached hydrogens (tertiary/aromatic N) is 1. The van der Waals surface area contributed by atoms with Gasteiger partial charge in [0.05, 0.1) is 12.2 Å². The summed E-state index contributed by atoms with van der Waals surface area (Å²) in [7, 11) is 0. The zero-order valence-corrected chi connectivity index (χ0v) is 9.00. The topological polar surface area (TPSA) is 21.6 Å². The first-order valence-electron chi connectivity index (χ1n) is 5.09. The molecule has 0 N–H and O–H groups in total. The van der Waals surface area contributed by atoms with Gasteiger partial charge in [0.1, 0.15) is 0 Å². The molecule has 0 aromatic carbocycles. The van der Waals surface area contributed by atoms with Crippen LogP contribution in [0.4, 0.5) is 13.2 Å². The average Bonchev–Trinajstić information content (AvgIpc) is 2.24. The van der Waals surface area contributed by atoms with Gasteiger partial charge in [0.25, 0.3) is 0 Å². The quantitative estimate of drug-likeness (QED) is 0.540. The predicted octanol–water partition coefficient (Wildman–Crippen LogP) is 3.12. The molecule has 1 aliphatic rings. The third kappa shape index (κ3) is 4.08. The van der Waals surface area contributed by atoms with Crippen molar-refractivity contribution in [3.05, 3.63) is 23.8 Å². The Kier molecular flexibility index (Phi) is 4.58. The third-order valence-corrected chi connectivity index (χ3v) is 2.13. The molecule has 1 atom stereocenters. The maximum absolute atomic E-state index is 12.4. The van der Waals surface area contributed by atoms with Crippen LogP contribution in [0.15, 0.2) is 28.8 Å². The van der Waals surface area contributed by atoms with E-state index in [-0.39, 0.29) is 5.92 Å². The second-order valence-corrected chi connectivity index (χ2v) is 3.44. The van der Waals surface area contributed by atoms with Gasteiger partial charge in [-0.2, -0.15) is 13.2 Å². The van der Waals surface area contributed by atoms with E-state index in [4.69, 9.17) is 4.74 Å². The number of allylic oxidation sites excluding steroid dienone is 3. The predicted molar refractivity (Wildman–Crippen MR) is 56.4 cm³/mol. The van der Waals surface area contributed by atoms with Gasteiger partial charge in [-0.1, -0.05) is 18.2 Å². The zero-order chi connectivity index (χ0) is 12.0. The average molecular weight is 233 g/mol. The SMILES string of the molecule is CCO/C=N\CC1C=C(C(F)(F)F)C=CC1. The zero-order valence-electron chi connectivity index (χ0n) is 9.00. The monoisotopic (exact) mass is 233 g/mol. The number of alkyl halides is 3. The van der Waals surface area contributed by atoms with Gasteiger partial charge in [-0.3, -0.25) is 4.99 Å². The second-order valence-electron chi connectivity index (χ2n) is 3.44. The van der Waals surface area contributed by atoms with Crippen LogP contribution < -0.4 is 0 Å². The molecule has 16 heavy (non-hydrogen) atoms. The van der Waals surface area contributed by atoms with E-state index in [1.165, 1.54) is 18.6 Å². The van der Waals surface area contributed by atoms with E-state index < -0.39 is 11.7 Å². The molecule has 0 bridgehead atoms. The van der Waals surface area contributed by atoms with Crippen LogP contribution in [0.1, 0.15) is 13.3 Å². The summed E-state index contributed by atoms with van der Waals surface area (Å²) in [5.41, 5.74) is -0.588. The number of aliphatic imine (C=N–C) groups is 1. The first-order valence-corrected chi connectivity index (χ1v) is 5.09. The molecule has 1 rings (SSSR count). The standard InChI is InChI=1S/C11H14F3NO/c1-2-16-8-15-7-9-4-3-5-10(6-9)11(12,13)14/h3,5-6,8-9H,2,4,7H2,1H3/b15-8-. The molecule has 1 unspecified atom stereocenters. The van der Waals surface area contributed by atoms with E-state index in [1.807, 2.05) is 6.92 Å². The van der Waals surface area contributed by atoms with Gasteiger partial charge in [0, 0.05) is 12.5 Å². The fourth-order valence-electron chi connectivity index (χ4n) is 1.37. The van der Waals surface area contributed by atoms with Crippen molar-refractivity contribution in [3.8, 4) is 0 Å². The molecule has 0 aromatic rings. The Hall–Kier alpha value is -1.26. The summed E-state index contributed by atoms with van der Waals surface area (Å²) in [4.78, 5) is 3.91. The molecule has 0 heterocycles. The highest BCUT2D eigenvalue weighted by Gasteiger charge is 2.33. The Labute approximate surface area is 92.5 Å². The summed E-state index contributed by atoms with van der Waals surface area (Å²) in [5.74, 6) is -0.196. The van der Waals surface area contributed by atoms with Crippen LogP contribution in [0.2, 0.25) is 0 Å². The van der Waals surface area contributed by atoms with Gasteiger partial charge in [-0.25, -0.2) is 0 Å². The lowest BCUT2D eigenvalue weighted by molar-refractivity contribution is -0.0889. The van der Waals surface area contributed by atoms with Gasteiger partial charge in [-0.05, 0) is 13.3 Å². The van der Waals surface area contributed by atoms with E-state index in [1.54, 1.807) is 0 Å². The van der Waals surface area contributed by atoms with Crippen molar-refractivity contribution in [3.63, 3.8) is 0 Å². The van der Waals surface area contributed by atoms with E-state index in [0.717, 1.165) is 6.08 Å². The van der Waals surface area contributed by atoms with Gasteiger partial charge < -0.3 is 4.74 Å². The highest BCUT2D eigenvalue weighted by molar-refractivity contribution is 5.46. The minimum absolute atomic E-state index is 0.196. The lowest BCUT2D eigenvalue weighted by atomic mass is 9.96. The summed E-state index contributed by atoms with van der Waals surface area (Å²) < 4.78 is 42.0. The smallest absolute Gasteiger partial charge is 0.416 e. The minimum atomic E-state index is -4.27. The maximum atomic E-state index is 12.4. The molecular weight excluding hydrogens is 219 g/mol. The van der Waals surface area contributed by atoms with Crippen LogP contribution in [-0.2, 0) is 4.74 Å². The highest BCUT2D eigenvalue weighted by Crippen LogP contribution is 2.31. The molecule has 90 valence electrons. The van der Waals surface area contributed by atoms with Crippen LogP contribution in [0.3, 0.4) is 0 Å². The molecule has 0 spiro atoms. The van der Waals surface area contributed by atoms with Crippen LogP contribution in [0.5, 0.6) is 0 Å². The van der Waals surface area contributed by atoms with Gasteiger partial charge >= 0.3 is 6.18 Å². The molecule has 0 saturated carbocycles. The lowest BCUT2D eigenvalue weighted by Crippen LogP contribution is -2.15. The van der Waals surface area contributed by atoms with Crippen LogP contribution in [0, 0.1) is 5.92 Å². The van der Waals surface area contributed by atoms with Gasteiger partial charge in [0.15, 0.2) is 6.40 Å². The number of ether oxygens (including phenoxy) is 1. The summed E-state index contributed by atoms with van der Waals surface area (Å²) in [5, 5.41) is 0. The molecule has 0 fully saturated rings. The Morgan fingerprint density at radius 3 is 2.94 bits per heavy atom. The largest absolute Gasteiger partial charge is 0.484 e. The molecule has 0 radical (unpaired) electrons. The summed E-state index contributed by atoms with van der Waals surface area (Å²) in [6, 6.07) is 0. The Morgan fingerprint density at radius 2 is 2.31 bits per heavy atom. The van der Waals surface area contributed by atoms with E-state index in [9.17, 15) is 13.2 Å². The van der Waals surface area contributed by atoms with E-state index >= 15 is 0 Å². The summed E-state index contributed by atoms with van der Waals surface area (Å²) in [6.45, 7) is 2.65. The summed E-state index contributed by atoms with van der Waals surface area (Å²) in [6.07, 6.45) is 1.48.